The highest BCUT2D eigenvalue weighted by Crippen LogP contribution is 2.53. The highest BCUT2D eigenvalue weighted by molar-refractivity contribution is 7.80. The van der Waals surface area contributed by atoms with Crippen molar-refractivity contribution < 1.29 is 19.1 Å². The molecule has 1 aliphatic rings. The Balaban J connectivity index is 1.92. The van der Waals surface area contributed by atoms with E-state index in [1.54, 1.807) is 31.2 Å². The Morgan fingerprint density at radius 3 is 2.50 bits per heavy atom. The van der Waals surface area contributed by atoms with E-state index in [0.29, 0.717) is 17.7 Å². The third kappa shape index (κ3) is 4.27. The standard InChI is InChI=1S/C19H24N2O4S/c1-11(22)14-9-12(19(14,2)3)10-16(23)21-18(26)20-15-8-6-5-7-13(15)17(24)25-4/h5-8,12,14H,9-10H2,1-4H3,(H2,20,21,23,26)/t12-,14-/m1/s1. The van der Waals surface area contributed by atoms with Crippen LogP contribution in [0.15, 0.2) is 24.3 Å². The number of esters is 1. The zero-order valence-electron chi connectivity index (χ0n) is 15.4. The number of ketones is 1. The maximum atomic E-state index is 12.3. The van der Waals surface area contributed by atoms with Gasteiger partial charge in [0.25, 0.3) is 0 Å². The molecular weight excluding hydrogens is 352 g/mol. The molecule has 1 fully saturated rings. The second kappa shape index (κ2) is 7.95. The van der Waals surface area contributed by atoms with Crippen LogP contribution in [0.25, 0.3) is 0 Å². The van der Waals surface area contributed by atoms with Gasteiger partial charge in [0.05, 0.1) is 18.4 Å². The highest BCUT2D eigenvalue weighted by atomic mass is 32.1. The summed E-state index contributed by atoms with van der Waals surface area (Å²) in [4.78, 5) is 35.6. The van der Waals surface area contributed by atoms with Crippen molar-refractivity contribution in [2.24, 2.45) is 17.3 Å². The highest BCUT2D eigenvalue weighted by Gasteiger charge is 2.50. The van der Waals surface area contributed by atoms with E-state index >= 15 is 0 Å². The lowest BCUT2D eigenvalue weighted by atomic mass is 9.52. The molecule has 2 rings (SSSR count). The number of nitrogens with one attached hydrogen (secondary N) is 2. The minimum atomic E-state index is -0.492. The van der Waals surface area contributed by atoms with Gasteiger partial charge in [-0.1, -0.05) is 26.0 Å². The third-order valence-corrected chi connectivity index (χ3v) is 5.43. The van der Waals surface area contributed by atoms with Crippen molar-refractivity contribution >= 4 is 40.7 Å². The monoisotopic (exact) mass is 376 g/mol. The van der Waals surface area contributed by atoms with Crippen molar-refractivity contribution in [2.75, 3.05) is 12.4 Å². The molecule has 6 nitrogen and oxygen atoms in total. The van der Waals surface area contributed by atoms with E-state index in [-0.39, 0.29) is 34.1 Å². The first-order chi connectivity index (χ1) is 12.2. The number of carbonyl (C=O) groups excluding carboxylic acids is 3. The van der Waals surface area contributed by atoms with Crippen LogP contribution >= 0.6 is 12.2 Å². The number of amides is 1. The average Bonchev–Trinajstić information content (AvgIpc) is 2.57. The van der Waals surface area contributed by atoms with Gasteiger partial charge in [-0.05, 0) is 49.0 Å². The second-order valence-electron chi connectivity index (χ2n) is 7.16. The van der Waals surface area contributed by atoms with E-state index in [9.17, 15) is 14.4 Å². The number of ether oxygens (including phenoxy) is 1. The van der Waals surface area contributed by atoms with Crippen molar-refractivity contribution in [1.82, 2.24) is 5.32 Å². The lowest BCUT2D eigenvalue weighted by molar-refractivity contribution is -0.140. The first-order valence-corrected chi connectivity index (χ1v) is 8.86. The Kier molecular flexibility index (Phi) is 6.13. The number of carbonyl (C=O) groups is 3. The summed E-state index contributed by atoms with van der Waals surface area (Å²) in [6, 6.07) is 6.75. The van der Waals surface area contributed by atoms with E-state index < -0.39 is 5.97 Å². The molecule has 2 N–H and O–H groups in total. The van der Waals surface area contributed by atoms with Crippen LogP contribution in [0.4, 0.5) is 5.69 Å². The number of thiocarbonyl (C=S) groups is 1. The normalized spacial score (nSPS) is 20.5. The lowest BCUT2D eigenvalue weighted by Crippen LogP contribution is -2.50. The number of para-hydroxylation sites is 1. The maximum Gasteiger partial charge on any atom is 0.339 e. The maximum absolute atomic E-state index is 12.3. The Morgan fingerprint density at radius 1 is 1.27 bits per heavy atom. The van der Waals surface area contributed by atoms with Gasteiger partial charge in [0.15, 0.2) is 5.11 Å². The molecule has 0 aliphatic heterocycles. The summed E-state index contributed by atoms with van der Waals surface area (Å²) in [7, 11) is 1.30. The fourth-order valence-corrected chi connectivity index (χ4v) is 3.71. The molecule has 0 saturated heterocycles. The average molecular weight is 376 g/mol. The van der Waals surface area contributed by atoms with Gasteiger partial charge in [-0.15, -0.1) is 0 Å². The number of anilines is 1. The van der Waals surface area contributed by atoms with Crippen molar-refractivity contribution in [2.45, 2.75) is 33.6 Å². The third-order valence-electron chi connectivity index (χ3n) is 5.23. The molecule has 7 heteroatoms. The summed E-state index contributed by atoms with van der Waals surface area (Å²) in [6.07, 6.45) is 1.03. The van der Waals surface area contributed by atoms with Crippen molar-refractivity contribution in [3.63, 3.8) is 0 Å². The largest absolute Gasteiger partial charge is 0.465 e. The summed E-state index contributed by atoms with van der Waals surface area (Å²) < 4.78 is 4.73. The van der Waals surface area contributed by atoms with E-state index in [1.807, 2.05) is 13.8 Å². The fraction of sp³-hybridized carbons (Fsp3) is 0.474. The quantitative estimate of drug-likeness (QED) is 0.607. The number of Topliss-reactive ketones (excluding diaryl/α,β-unsaturated/α-hetero) is 1. The second-order valence-corrected chi connectivity index (χ2v) is 7.57. The SMILES string of the molecule is COC(=O)c1ccccc1NC(=S)NC(=O)C[C@H]1C[C@H](C(C)=O)C1(C)C. The number of rotatable bonds is 5. The Labute approximate surface area is 158 Å². The van der Waals surface area contributed by atoms with Gasteiger partial charge in [-0.25, -0.2) is 4.79 Å². The zero-order chi connectivity index (χ0) is 19.5. The summed E-state index contributed by atoms with van der Waals surface area (Å²) in [6.45, 7) is 5.63. The van der Waals surface area contributed by atoms with Crippen LogP contribution in [-0.2, 0) is 14.3 Å². The molecule has 0 spiro atoms. The Morgan fingerprint density at radius 2 is 1.92 bits per heavy atom. The molecule has 1 saturated carbocycles. The summed E-state index contributed by atoms with van der Waals surface area (Å²) in [5, 5.41) is 5.61. The van der Waals surface area contributed by atoms with Crippen molar-refractivity contribution in [1.29, 1.82) is 0 Å². The van der Waals surface area contributed by atoms with Crippen LogP contribution in [0, 0.1) is 17.3 Å². The molecule has 1 aromatic carbocycles. The number of benzene rings is 1. The van der Waals surface area contributed by atoms with Crippen LogP contribution in [0.3, 0.4) is 0 Å². The van der Waals surface area contributed by atoms with Gasteiger partial charge in [0, 0.05) is 12.3 Å². The smallest absolute Gasteiger partial charge is 0.339 e. The molecule has 1 amide bonds. The Hall–Kier alpha value is -2.28. The van der Waals surface area contributed by atoms with Crippen LogP contribution in [0.1, 0.15) is 44.0 Å². The van der Waals surface area contributed by atoms with Crippen LogP contribution in [-0.4, -0.2) is 29.9 Å². The Bertz CT molecular complexity index is 745. The van der Waals surface area contributed by atoms with Crippen LogP contribution < -0.4 is 10.6 Å². The van der Waals surface area contributed by atoms with E-state index in [1.165, 1.54) is 7.11 Å². The van der Waals surface area contributed by atoms with Gasteiger partial charge < -0.3 is 15.4 Å². The molecule has 0 bridgehead atoms. The van der Waals surface area contributed by atoms with Gasteiger partial charge in [-0.3, -0.25) is 9.59 Å². The van der Waals surface area contributed by atoms with E-state index in [0.717, 1.165) is 6.42 Å². The molecule has 0 heterocycles. The minimum absolute atomic E-state index is 0.0114. The van der Waals surface area contributed by atoms with Crippen molar-refractivity contribution in [3.8, 4) is 0 Å². The van der Waals surface area contributed by atoms with Crippen LogP contribution in [0.2, 0.25) is 0 Å². The van der Waals surface area contributed by atoms with Gasteiger partial charge >= 0.3 is 5.97 Å². The summed E-state index contributed by atoms with van der Waals surface area (Å²) >= 11 is 5.17. The summed E-state index contributed by atoms with van der Waals surface area (Å²) in [5.74, 6) is -0.381. The molecular formula is C19H24N2O4S. The number of hydrogen-bond acceptors (Lipinski definition) is 5. The van der Waals surface area contributed by atoms with E-state index in [4.69, 9.17) is 17.0 Å². The molecule has 140 valence electrons. The minimum Gasteiger partial charge on any atom is -0.465 e. The molecule has 2 atom stereocenters. The first kappa shape index (κ1) is 20.0. The van der Waals surface area contributed by atoms with E-state index in [2.05, 4.69) is 10.6 Å². The molecule has 0 radical (unpaired) electrons. The number of methoxy groups -OCH3 is 1. The number of hydrogen-bond donors (Lipinski definition) is 2. The fourth-order valence-electron chi connectivity index (χ4n) is 3.49. The molecule has 26 heavy (non-hydrogen) atoms. The molecule has 0 aromatic heterocycles. The predicted octanol–water partition coefficient (Wildman–Crippen LogP) is 2.93. The lowest BCUT2D eigenvalue weighted by Gasteiger charge is -2.51. The predicted molar refractivity (Wildman–Crippen MR) is 103 cm³/mol. The van der Waals surface area contributed by atoms with Gasteiger partial charge in [-0.2, -0.15) is 0 Å². The molecule has 0 unspecified atom stereocenters. The van der Waals surface area contributed by atoms with Crippen molar-refractivity contribution in [3.05, 3.63) is 29.8 Å². The molecule has 1 aliphatic carbocycles. The molecule has 1 aromatic rings. The topological polar surface area (TPSA) is 84.5 Å². The van der Waals surface area contributed by atoms with Crippen LogP contribution in [0.5, 0.6) is 0 Å². The van der Waals surface area contributed by atoms with Gasteiger partial charge in [0.2, 0.25) is 5.91 Å². The van der Waals surface area contributed by atoms with Gasteiger partial charge in [0.1, 0.15) is 5.78 Å². The first-order valence-electron chi connectivity index (χ1n) is 8.45. The summed E-state index contributed by atoms with van der Waals surface area (Å²) in [5.41, 5.74) is 0.608. The zero-order valence-corrected chi connectivity index (χ0v) is 16.2.